The van der Waals surface area contributed by atoms with E-state index in [1.54, 1.807) is 56.7 Å². The van der Waals surface area contributed by atoms with Crippen LogP contribution in [0.3, 0.4) is 0 Å². The number of benzene rings is 1. The zero-order valence-electron chi connectivity index (χ0n) is 17.5. The zero-order chi connectivity index (χ0) is 22.8. The molecule has 0 aliphatic heterocycles. The van der Waals surface area contributed by atoms with Gasteiger partial charge in [-0.2, -0.15) is 0 Å². The SMILES string of the molecule is Cc1cc2cc(C(=O)N(Cc3ncccc3Cl)C(C)c3ncccn3)c(F)cc2nc1N. The van der Waals surface area contributed by atoms with Crippen LogP contribution >= 0.6 is 11.6 Å². The van der Waals surface area contributed by atoms with Gasteiger partial charge in [0.2, 0.25) is 0 Å². The second-order valence-electron chi connectivity index (χ2n) is 7.36. The Morgan fingerprint density at radius 2 is 1.88 bits per heavy atom. The lowest BCUT2D eigenvalue weighted by atomic mass is 10.1. The molecule has 0 fully saturated rings. The molecule has 162 valence electrons. The summed E-state index contributed by atoms with van der Waals surface area (Å²) in [5.41, 5.74) is 7.35. The molecule has 7 nitrogen and oxygen atoms in total. The van der Waals surface area contributed by atoms with Crippen LogP contribution < -0.4 is 5.73 Å². The van der Waals surface area contributed by atoms with E-state index in [2.05, 4.69) is 19.9 Å². The topological polar surface area (TPSA) is 97.9 Å². The molecule has 0 aliphatic carbocycles. The monoisotopic (exact) mass is 450 g/mol. The van der Waals surface area contributed by atoms with Crippen molar-refractivity contribution in [3.8, 4) is 0 Å². The molecule has 1 aromatic carbocycles. The van der Waals surface area contributed by atoms with Gasteiger partial charge >= 0.3 is 0 Å². The summed E-state index contributed by atoms with van der Waals surface area (Å²) in [5, 5.41) is 1.02. The quantitative estimate of drug-likeness (QED) is 0.480. The molecule has 9 heteroatoms. The predicted molar refractivity (Wildman–Crippen MR) is 120 cm³/mol. The van der Waals surface area contributed by atoms with E-state index in [0.717, 1.165) is 5.56 Å². The van der Waals surface area contributed by atoms with Gasteiger partial charge in [0.05, 0.1) is 34.4 Å². The third-order valence-corrected chi connectivity index (χ3v) is 5.55. The van der Waals surface area contributed by atoms with Crippen LogP contribution in [-0.4, -0.2) is 30.7 Å². The summed E-state index contributed by atoms with van der Waals surface area (Å²) in [6.07, 6.45) is 4.76. The second-order valence-corrected chi connectivity index (χ2v) is 7.77. The molecule has 1 atom stereocenters. The number of fused-ring (bicyclic) bond motifs is 1. The Kier molecular flexibility index (Phi) is 5.96. The highest BCUT2D eigenvalue weighted by Gasteiger charge is 2.28. The van der Waals surface area contributed by atoms with E-state index >= 15 is 4.39 Å². The van der Waals surface area contributed by atoms with Crippen LogP contribution in [0.2, 0.25) is 5.02 Å². The number of rotatable bonds is 5. The molecule has 4 aromatic rings. The largest absolute Gasteiger partial charge is 0.383 e. The van der Waals surface area contributed by atoms with E-state index in [1.165, 1.54) is 17.0 Å². The Morgan fingerprint density at radius 3 is 2.59 bits per heavy atom. The summed E-state index contributed by atoms with van der Waals surface area (Å²) in [6, 6.07) is 8.98. The number of anilines is 1. The van der Waals surface area contributed by atoms with Gasteiger partial charge < -0.3 is 10.6 Å². The third-order valence-electron chi connectivity index (χ3n) is 5.21. The number of aromatic nitrogens is 4. The summed E-state index contributed by atoms with van der Waals surface area (Å²) in [4.78, 5) is 32.1. The molecule has 3 heterocycles. The Hall–Kier alpha value is -3.65. The van der Waals surface area contributed by atoms with E-state index < -0.39 is 17.8 Å². The molecule has 0 radical (unpaired) electrons. The van der Waals surface area contributed by atoms with Crippen molar-refractivity contribution in [3.63, 3.8) is 0 Å². The van der Waals surface area contributed by atoms with Crippen LogP contribution in [0.4, 0.5) is 10.2 Å². The number of hydrogen-bond donors (Lipinski definition) is 1. The van der Waals surface area contributed by atoms with Crippen molar-refractivity contribution in [3.05, 3.63) is 88.5 Å². The molecule has 2 N–H and O–H groups in total. The highest BCUT2D eigenvalue weighted by atomic mass is 35.5. The maximum atomic E-state index is 15.0. The standard InChI is InChI=1S/C23H20ClFN6O/c1-13-9-15-10-16(18(25)11-19(15)30-21(13)26)23(32)31(12-20-17(24)5-3-6-27-20)14(2)22-28-7-4-8-29-22/h3-11,14H,12H2,1-2H3,(H2,26,30). The lowest BCUT2D eigenvalue weighted by Crippen LogP contribution is -2.35. The number of halogens is 2. The number of nitrogens with zero attached hydrogens (tertiary/aromatic N) is 5. The Balaban J connectivity index is 1.79. The first-order chi connectivity index (χ1) is 15.3. The van der Waals surface area contributed by atoms with Crippen molar-refractivity contribution >= 4 is 34.2 Å². The van der Waals surface area contributed by atoms with Crippen molar-refractivity contribution in [2.24, 2.45) is 0 Å². The van der Waals surface area contributed by atoms with E-state index in [9.17, 15) is 4.79 Å². The van der Waals surface area contributed by atoms with Crippen LogP contribution in [0.25, 0.3) is 10.9 Å². The van der Waals surface area contributed by atoms with Gasteiger partial charge in [0.15, 0.2) is 0 Å². The lowest BCUT2D eigenvalue weighted by molar-refractivity contribution is 0.0659. The van der Waals surface area contributed by atoms with Crippen LogP contribution in [0.5, 0.6) is 0 Å². The zero-order valence-corrected chi connectivity index (χ0v) is 18.2. The van der Waals surface area contributed by atoms with Crippen molar-refractivity contribution in [2.75, 3.05) is 5.73 Å². The van der Waals surface area contributed by atoms with Crippen molar-refractivity contribution in [1.29, 1.82) is 0 Å². The molecule has 0 aliphatic rings. The third kappa shape index (κ3) is 4.22. The van der Waals surface area contributed by atoms with Gasteiger partial charge in [-0.25, -0.2) is 19.3 Å². The number of amides is 1. The minimum absolute atomic E-state index is 0.0500. The van der Waals surface area contributed by atoms with Crippen LogP contribution in [0.15, 0.2) is 55.0 Å². The first kappa shape index (κ1) is 21.6. The summed E-state index contributed by atoms with van der Waals surface area (Å²) in [5.74, 6) is -0.506. The lowest BCUT2D eigenvalue weighted by Gasteiger charge is -2.28. The fourth-order valence-electron chi connectivity index (χ4n) is 3.38. The van der Waals surface area contributed by atoms with Gasteiger partial charge in [-0.05, 0) is 49.7 Å². The molecule has 0 bridgehead atoms. The second kappa shape index (κ2) is 8.84. The van der Waals surface area contributed by atoms with Gasteiger partial charge in [0.25, 0.3) is 5.91 Å². The van der Waals surface area contributed by atoms with Crippen molar-refractivity contribution < 1.29 is 9.18 Å². The number of hydrogen-bond acceptors (Lipinski definition) is 6. The normalized spacial score (nSPS) is 12.0. The molecule has 1 amide bonds. The molecule has 0 saturated carbocycles. The van der Waals surface area contributed by atoms with E-state index in [4.69, 9.17) is 17.3 Å². The fourth-order valence-corrected chi connectivity index (χ4v) is 3.56. The summed E-state index contributed by atoms with van der Waals surface area (Å²) < 4.78 is 15.0. The maximum Gasteiger partial charge on any atom is 0.257 e. The number of pyridine rings is 2. The molecule has 4 rings (SSSR count). The van der Waals surface area contributed by atoms with Gasteiger partial charge in [0, 0.05) is 30.0 Å². The van der Waals surface area contributed by atoms with Gasteiger partial charge in [-0.3, -0.25) is 9.78 Å². The number of nitrogens with two attached hydrogens (primary N) is 1. The minimum atomic E-state index is -0.698. The Labute approximate surface area is 189 Å². The van der Waals surface area contributed by atoms with E-state index in [0.29, 0.717) is 33.3 Å². The van der Waals surface area contributed by atoms with Crippen LogP contribution in [-0.2, 0) is 6.54 Å². The minimum Gasteiger partial charge on any atom is -0.383 e. The van der Waals surface area contributed by atoms with Crippen LogP contribution in [0, 0.1) is 12.7 Å². The molecular formula is C23H20ClFN6O. The number of aryl methyl sites for hydroxylation is 1. The average Bonchev–Trinajstić information content (AvgIpc) is 2.79. The molecule has 0 saturated heterocycles. The summed E-state index contributed by atoms with van der Waals surface area (Å²) >= 11 is 6.29. The first-order valence-corrected chi connectivity index (χ1v) is 10.3. The molecular weight excluding hydrogens is 431 g/mol. The van der Waals surface area contributed by atoms with Gasteiger partial charge in [0.1, 0.15) is 17.5 Å². The highest BCUT2D eigenvalue weighted by molar-refractivity contribution is 6.31. The number of nitrogen functional groups attached to an aromatic ring is 1. The van der Waals surface area contributed by atoms with Gasteiger partial charge in [-0.15, -0.1) is 0 Å². The van der Waals surface area contributed by atoms with Crippen molar-refractivity contribution in [1.82, 2.24) is 24.8 Å². The summed E-state index contributed by atoms with van der Waals surface area (Å²) in [7, 11) is 0. The Morgan fingerprint density at radius 1 is 1.16 bits per heavy atom. The number of carbonyl (C=O) groups excluding carboxylic acids is 1. The summed E-state index contributed by atoms with van der Waals surface area (Å²) in [6.45, 7) is 3.63. The maximum absolute atomic E-state index is 15.0. The molecule has 0 spiro atoms. The molecule has 1 unspecified atom stereocenters. The van der Waals surface area contributed by atoms with Crippen molar-refractivity contribution in [2.45, 2.75) is 26.4 Å². The van der Waals surface area contributed by atoms with Gasteiger partial charge in [-0.1, -0.05) is 11.6 Å². The number of carbonyl (C=O) groups is 1. The fraction of sp³-hybridized carbons (Fsp3) is 0.174. The Bertz CT molecular complexity index is 1300. The average molecular weight is 451 g/mol. The predicted octanol–water partition coefficient (Wildman–Crippen LogP) is 4.51. The highest BCUT2D eigenvalue weighted by Crippen LogP contribution is 2.27. The smallest absolute Gasteiger partial charge is 0.257 e. The van der Waals surface area contributed by atoms with Crippen LogP contribution in [0.1, 0.15) is 40.4 Å². The van der Waals surface area contributed by atoms with E-state index in [-0.39, 0.29) is 12.1 Å². The van der Waals surface area contributed by atoms with E-state index in [1.807, 2.05) is 0 Å². The first-order valence-electron chi connectivity index (χ1n) is 9.89. The molecule has 32 heavy (non-hydrogen) atoms. The molecule has 3 aromatic heterocycles.